The zero-order valence-corrected chi connectivity index (χ0v) is 14.0. The first-order valence-corrected chi connectivity index (χ1v) is 9.16. The van der Waals surface area contributed by atoms with E-state index in [1.54, 1.807) is 0 Å². The van der Waals surface area contributed by atoms with E-state index in [4.69, 9.17) is 16.3 Å². The minimum atomic E-state index is -3.68. The average molecular weight is 346 g/mol. The third-order valence-corrected chi connectivity index (χ3v) is 5.71. The van der Waals surface area contributed by atoms with Gasteiger partial charge in [0, 0.05) is 11.1 Å². The number of benzene rings is 1. The van der Waals surface area contributed by atoms with E-state index in [1.807, 2.05) is 0 Å². The van der Waals surface area contributed by atoms with Gasteiger partial charge in [-0.15, -0.1) is 0 Å². The van der Waals surface area contributed by atoms with Gasteiger partial charge < -0.3 is 4.74 Å². The lowest BCUT2D eigenvalue weighted by molar-refractivity contribution is -0.146. The third-order valence-electron chi connectivity index (χ3n) is 3.95. The van der Waals surface area contributed by atoms with E-state index in [-0.39, 0.29) is 10.9 Å². The normalized spacial score (nSPS) is 22.8. The first-order valence-electron chi connectivity index (χ1n) is 7.30. The highest BCUT2D eigenvalue weighted by molar-refractivity contribution is 7.89. The molecule has 1 aliphatic rings. The number of halogens is 1. The minimum Gasteiger partial charge on any atom is -0.469 e. The molecule has 22 heavy (non-hydrogen) atoms. The van der Waals surface area contributed by atoms with Crippen molar-refractivity contribution in [2.75, 3.05) is 7.11 Å². The van der Waals surface area contributed by atoms with Gasteiger partial charge in [0.1, 0.15) is 0 Å². The fourth-order valence-corrected chi connectivity index (χ4v) is 4.20. The van der Waals surface area contributed by atoms with Crippen molar-refractivity contribution in [1.82, 2.24) is 4.72 Å². The first kappa shape index (κ1) is 17.2. The summed E-state index contributed by atoms with van der Waals surface area (Å²) < 4.78 is 32.4. The Hall–Kier alpha value is -1.11. The highest BCUT2D eigenvalue weighted by Crippen LogP contribution is 2.26. The van der Waals surface area contributed by atoms with Crippen molar-refractivity contribution in [3.8, 4) is 0 Å². The van der Waals surface area contributed by atoms with Crippen molar-refractivity contribution < 1.29 is 17.9 Å². The average Bonchev–Trinajstić information content (AvgIpc) is 2.72. The highest BCUT2D eigenvalue weighted by Gasteiger charge is 2.33. The van der Waals surface area contributed by atoms with Gasteiger partial charge in [0.2, 0.25) is 10.0 Å². The molecular weight excluding hydrogens is 326 g/mol. The lowest BCUT2D eigenvalue weighted by Gasteiger charge is -2.24. The Kier molecular flexibility index (Phi) is 5.83. The fraction of sp³-hybridized carbons (Fsp3) is 0.533. The summed E-state index contributed by atoms with van der Waals surface area (Å²) in [6.45, 7) is 0. The number of carbonyl (C=O) groups is 1. The maximum atomic E-state index is 12.5. The summed E-state index contributed by atoms with van der Waals surface area (Å²) in [4.78, 5) is 12.1. The van der Waals surface area contributed by atoms with Gasteiger partial charge >= 0.3 is 5.97 Å². The van der Waals surface area contributed by atoms with Crippen molar-refractivity contribution in [3.05, 3.63) is 29.3 Å². The van der Waals surface area contributed by atoms with Gasteiger partial charge in [-0.25, -0.2) is 13.1 Å². The molecule has 0 amide bonds. The van der Waals surface area contributed by atoms with Gasteiger partial charge in [-0.05, 0) is 37.1 Å². The number of sulfonamides is 1. The molecule has 2 atom stereocenters. The Labute approximate surface area is 136 Å². The monoisotopic (exact) mass is 345 g/mol. The number of rotatable bonds is 4. The van der Waals surface area contributed by atoms with Crippen LogP contribution in [0, 0.1) is 5.92 Å². The second-order valence-corrected chi connectivity index (χ2v) is 7.60. The largest absolute Gasteiger partial charge is 0.469 e. The first-order chi connectivity index (χ1) is 10.4. The van der Waals surface area contributed by atoms with Gasteiger partial charge in [-0.1, -0.05) is 30.9 Å². The molecule has 1 saturated carbocycles. The van der Waals surface area contributed by atoms with Crippen LogP contribution < -0.4 is 4.72 Å². The molecule has 0 spiro atoms. The predicted molar refractivity (Wildman–Crippen MR) is 84.2 cm³/mol. The third kappa shape index (κ3) is 4.21. The second-order valence-electron chi connectivity index (χ2n) is 5.45. The Bertz CT molecular complexity index is 615. The Morgan fingerprint density at radius 2 is 1.82 bits per heavy atom. The van der Waals surface area contributed by atoms with E-state index in [0.717, 1.165) is 19.3 Å². The van der Waals surface area contributed by atoms with Crippen molar-refractivity contribution in [2.45, 2.75) is 43.0 Å². The molecule has 0 aliphatic heterocycles. The van der Waals surface area contributed by atoms with Crippen LogP contribution in [0.5, 0.6) is 0 Å². The molecule has 1 fully saturated rings. The van der Waals surface area contributed by atoms with Crippen molar-refractivity contribution in [2.24, 2.45) is 5.92 Å². The SMILES string of the molecule is COC(=O)[C@H]1CCCCC[C@H]1NS(=O)(=O)c1ccc(Cl)cc1. The van der Waals surface area contributed by atoms with Crippen LogP contribution in [-0.4, -0.2) is 27.5 Å². The fourth-order valence-electron chi connectivity index (χ4n) is 2.76. The number of esters is 1. The topological polar surface area (TPSA) is 72.5 Å². The van der Waals surface area contributed by atoms with Gasteiger partial charge in [-0.3, -0.25) is 4.79 Å². The molecule has 0 heterocycles. The van der Waals surface area contributed by atoms with E-state index in [2.05, 4.69) is 4.72 Å². The van der Waals surface area contributed by atoms with E-state index < -0.39 is 22.0 Å². The van der Waals surface area contributed by atoms with Crippen LogP contribution in [0.25, 0.3) is 0 Å². The lowest BCUT2D eigenvalue weighted by Crippen LogP contribution is -2.43. The maximum absolute atomic E-state index is 12.5. The molecule has 1 N–H and O–H groups in total. The predicted octanol–water partition coefficient (Wildman–Crippen LogP) is 2.74. The smallest absolute Gasteiger partial charge is 0.310 e. The molecule has 0 saturated heterocycles. The van der Waals surface area contributed by atoms with Gasteiger partial charge in [0.25, 0.3) is 0 Å². The number of methoxy groups -OCH3 is 1. The summed E-state index contributed by atoms with van der Waals surface area (Å²) in [7, 11) is -2.35. The van der Waals surface area contributed by atoms with Crippen LogP contribution in [-0.2, 0) is 19.6 Å². The van der Waals surface area contributed by atoms with E-state index in [9.17, 15) is 13.2 Å². The molecule has 122 valence electrons. The van der Waals surface area contributed by atoms with Crippen LogP contribution in [0.2, 0.25) is 5.02 Å². The van der Waals surface area contributed by atoms with Gasteiger partial charge in [-0.2, -0.15) is 0 Å². The van der Waals surface area contributed by atoms with Crippen LogP contribution in [0.15, 0.2) is 29.2 Å². The molecule has 0 unspecified atom stereocenters. The van der Waals surface area contributed by atoms with Crippen LogP contribution in [0.1, 0.15) is 32.1 Å². The van der Waals surface area contributed by atoms with E-state index in [0.29, 0.717) is 17.9 Å². The summed E-state index contributed by atoms with van der Waals surface area (Å²) >= 11 is 5.78. The molecule has 1 aromatic rings. The molecular formula is C15H20ClNO4S. The summed E-state index contributed by atoms with van der Waals surface area (Å²) in [6.07, 6.45) is 4.06. The van der Waals surface area contributed by atoms with Crippen molar-refractivity contribution >= 4 is 27.6 Å². The zero-order chi connectivity index (χ0) is 16.2. The number of nitrogens with one attached hydrogen (secondary N) is 1. The minimum absolute atomic E-state index is 0.143. The maximum Gasteiger partial charge on any atom is 0.310 e. The van der Waals surface area contributed by atoms with E-state index >= 15 is 0 Å². The van der Waals surface area contributed by atoms with Crippen molar-refractivity contribution in [3.63, 3.8) is 0 Å². The Morgan fingerprint density at radius 1 is 1.18 bits per heavy atom. The molecule has 1 aliphatic carbocycles. The summed E-state index contributed by atoms with van der Waals surface area (Å²) in [5, 5.41) is 0.473. The summed E-state index contributed by atoms with van der Waals surface area (Å²) in [6, 6.07) is 5.53. The Morgan fingerprint density at radius 3 is 2.45 bits per heavy atom. The molecule has 0 bridgehead atoms. The van der Waals surface area contributed by atoms with Gasteiger partial charge in [0.15, 0.2) is 0 Å². The lowest BCUT2D eigenvalue weighted by atomic mass is 9.96. The number of carbonyl (C=O) groups excluding carboxylic acids is 1. The molecule has 0 radical (unpaired) electrons. The number of ether oxygens (including phenoxy) is 1. The highest BCUT2D eigenvalue weighted by atomic mass is 35.5. The summed E-state index contributed by atoms with van der Waals surface area (Å²) in [5.41, 5.74) is 0. The zero-order valence-electron chi connectivity index (χ0n) is 12.4. The molecule has 0 aromatic heterocycles. The van der Waals surface area contributed by atoms with Crippen LogP contribution >= 0.6 is 11.6 Å². The number of hydrogen-bond acceptors (Lipinski definition) is 4. The van der Waals surface area contributed by atoms with Crippen LogP contribution in [0.4, 0.5) is 0 Å². The Balaban J connectivity index is 2.21. The van der Waals surface area contributed by atoms with E-state index in [1.165, 1.54) is 31.4 Å². The van der Waals surface area contributed by atoms with Crippen LogP contribution in [0.3, 0.4) is 0 Å². The quantitative estimate of drug-likeness (QED) is 0.672. The molecule has 2 rings (SSSR count). The molecule has 1 aromatic carbocycles. The van der Waals surface area contributed by atoms with Gasteiger partial charge in [0.05, 0.1) is 17.9 Å². The second kappa shape index (κ2) is 7.44. The van der Waals surface area contributed by atoms with Crippen molar-refractivity contribution in [1.29, 1.82) is 0 Å². The standard InChI is InChI=1S/C15H20ClNO4S/c1-21-15(18)13-5-3-2-4-6-14(13)17-22(19,20)12-9-7-11(16)8-10-12/h7-10,13-14,17H,2-6H2,1H3/t13-,14+/m0/s1. The summed E-state index contributed by atoms with van der Waals surface area (Å²) in [5.74, 6) is -0.791. The number of hydrogen-bond donors (Lipinski definition) is 1. The molecule has 7 heteroatoms. The molecule has 5 nitrogen and oxygen atoms in total.